The molecule has 1 amide bonds. The van der Waals surface area contributed by atoms with Crippen LogP contribution in [0.15, 0.2) is 24.5 Å². The van der Waals surface area contributed by atoms with Gasteiger partial charge in [0.15, 0.2) is 0 Å². The van der Waals surface area contributed by atoms with Crippen LogP contribution in [0.4, 0.5) is 11.8 Å². The molecule has 0 aliphatic heterocycles. The van der Waals surface area contributed by atoms with Crippen molar-refractivity contribution in [3.63, 3.8) is 0 Å². The molecule has 4 rings (SSSR count). The van der Waals surface area contributed by atoms with Gasteiger partial charge in [-0.1, -0.05) is 6.07 Å². The molecule has 0 radical (unpaired) electrons. The Morgan fingerprint density at radius 1 is 1.18 bits per heavy atom. The van der Waals surface area contributed by atoms with E-state index in [9.17, 15) is 9.90 Å². The number of aryl methyl sites for hydroxylation is 1. The number of fused-ring (bicyclic) bond motifs is 1. The predicted octanol–water partition coefficient (Wildman–Crippen LogP) is 1.66. The number of primary amides is 1. The van der Waals surface area contributed by atoms with Crippen molar-refractivity contribution in [2.24, 2.45) is 5.73 Å². The highest BCUT2D eigenvalue weighted by molar-refractivity contribution is 5.97. The van der Waals surface area contributed by atoms with Crippen LogP contribution in [-0.4, -0.2) is 44.2 Å². The maximum absolute atomic E-state index is 11.8. The molecule has 8 nitrogen and oxygen atoms in total. The highest BCUT2D eigenvalue weighted by atomic mass is 16.3. The fourth-order valence-corrected chi connectivity index (χ4v) is 4.08. The van der Waals surface area contributed by atoms with Gasteiger partial charge in [-0.25, -0.2) is 4.98 Å². The molecule has 2 aliphatic rings. The number of nitrogens with two attached hydrogens (primary N) is 1. The molecule has 148 valence electrons. The summed E-state index contributed by atoms with van der Waals surface area (Å²) in [6.45, 7) is 0. The first kappa shape index (κ1) is 18.6. The first-order valence-electron chi connectivity index (χ1n) is 9.89. The van der Waals surface area contributed by atoms with Crippen molar-refractivity contribution in [2.45, 2.75) is 63.1 Å². The summed E-state index contributed by atoms with van der Waals surface area (Å²) in [5.41, 5.74) is 8.16. The van der Waals surface area contributed by atoms with Crippen molar-refractivity contribution in [3.8, 4) is 0 Å². The smallest absolute Gasteiger partial charge is 0.254 e. The van der Waals surface area contributed by atoms with E-state index in [2.05, 4.69) is 31.7 Å². The third kappa shape index (κ3) is 4.22. The van der Waals surface area contributed by atoms with E-state index in [1.807, 2.05) is 12.3 Å². The van der Waals surface area contributed by atoms with Crippen molar-refractivity contribution in [1.82, 2.24) is 15.0 Å². The molecular formula is C20H26N6O2. The number of hydrogen-bond acceptors (Lipinski definition) is 7. The Bertz CT molecular complexity index is 858. The molecule has 1 saturated carbocycles. The zero-order valence-electron chi connectivity index (χ0n) is 15.8. The Hall–Kier alpha value is -2.74. The van der Waals surface area contributed by atoms with E-state index in [-0.39, 0.29) is 23.8 Å². The number of carbonyl (C=O) groups is 1. The predicted molar refractivity (Wildman–Crippen MR) is 106 cm³/mol. The summed E-state index contributed by atoms with van der Waals surface area (Å²) in [5.74, 6) is 0.327. The van der Waals surface area contributed by atoms with Crippen LogP contribution < -0.4 is 16.4 Å². The second-order valence-electron chi connectivity index (χ2n) is 7.68. The quantitative estimate of drug-likeness (QED) is 0.619. The highest BCUT2D eigenvalue weighted by Gasteiger charge is 2.24. The highest BCUT2D eigenvalue weighted by Crippen LogP contribution is 2.25. The summed E-state index contributed by atoms with van der Waals surface area (Å²) in [6.07, 6.45) is 9.02. The van der Waals surface area contributed by atoms with Gasteiger partial charge in [-0.05, 0) is 50.2 Å². The van der Waals surface area contributed by atoms with Gasteiger partial charge in [0, 0.05) is 36.6 Å². The standard InChI is InChI=1S/C20H26N6O2/c21-18(28)16-11-23-20(26-19(16)24-13-4-1-5-15(27)9-13)25-14-7-6-12-3-2-8-22-17(12)10-14/h2-3,8,11,13-15,27H,1,4-7,9-10H2,(H2,21,28)(H2,23,24,25,26)/t13-,14+,15+/m1/s1. The summed E-state index contributed by atoms with van der Waals surface area (Å²) in [4.78, 5) is 25.1. The van der Waals surface area contributed by atoms with Gasteiger partial charge in [-0.2, -0.15) is 4.98 Å². The molecule has 1 fully saturated rings. The normalized spacial score (nSPS) is 24.2. The van der Waals surface area contributed by atoms with Gasteiger partial charge in [0.1, 0.15) is 5.82 Å². The number of aliphatic hydroxyl groups is 1. The monoisotopic (exact) mass is 382 g/mol. The van der Waals surface area contributed by atoms with E-state index < -0.39 is 5.91 Å². The van der Waals surface area contributed by atoms with E-state index in [1.54, 1.807) is 0 Å². The van der Waals surface area contributed by atoms with E-state index in [0.717, 1.165) is 44.2 Å². The fraction of sp³-hybridized carbons (Fsp3) is 0.500. The second kappa shape index (κ2) is 8.10. The molecule has 0 unspecified atom stereocenters. The minimum atomic E-state index is -0.568. The van der Waals surface area contributed by atoms with Crippen LogP contribution in [0, 0.1) is 0 Å². The number of nitrogens with one attached hydrogen (secondary N) is 2. The van der Waals surface area contributed by atoms with Crippen molar-refractivity contribution in [1.29, 1.82) is 0 Å². The topological polar surface area (TPSA) is 126 Å². The number of nitrogens with zero attached hydrogens (tertiary/aromatic N) is 3. The third-order valence-corrected chi connectivity index (χ3v) is 5.56. The Kier molecular flexibility index (Phi) is 5.38. The van der Waals surface area contributed by atoms with Crippen LogP contribution in [0.25, 0.3) is 0 Å². The maximum atomic E-state index is 11.8. The van der Waals surface area contributed by atoms with Crippen LogP contribution in [0.3, 0.4) is 0 Å². The Morgan fingerprint density at radius 3 is 2.89 bits per heavy atom. The van der Waals surface area contributed by atoms with Crippen molar-refractivity contribution >= 4 is 17.7 Å². The average Bonchev–Trinajstić information content (AvgIpc) is 2.68. The molecule has 0 spiro atoms. The molecule has 0 aromatic carbocycles. The maximum Gasteiger partial charge on any atom is 0.254 e. The summed E-state index contributed by atoms with van der Waals surface area (Å²) in [6, 6.07) is 4.34. The molecule has 5 N–H and O–H groups in total. The largest absolute Gasteiger partial charge is 0.393 e. The number of pyridine rings is 1. The lowest BCUT2D eigenvalue weighted by Crippen LogP contribution is -2.32. The Labute approximate surface area is 164 Å². The fourth-order valence-electron chi connectivity index (χ4n) is 4.08. The molecule has 8 heteroatoms. The van der Waals surface area contributed by atoms with E-state index in [4.69, 9.17) is 5.73 Å². The number of amides is 1. The molecular weight excluding hydrogens is 356 g/mol. The number of carbonyl (C=O) groups excluding carboxylic acids is 1. The van der Waals surface area contributed by atoms with Gasteiger partial charge >= 0.3 is 0 Å². The summed E-state index contributed by atoms with van der Waals surface area (Å²) in [7, 11) is 0. The summed E-state index contributed by atoms with van der Waals surface area (Å²) in [5, 5.41) is 16.6. The molecule has 28 heavy (non-hydrogen) atoms. The number of rotatable bonds is 5. The van der Waals surface area contributed by atoms with Crippen molar-refractivity contribution in [3.05, 3.63) is 41.3 Å². The minimum Gasteiger partial charge on any atom is -0.393 e. The third-order valence-electron chi connectivity index (χ3n) is 5.56. The van der Waals surface area contributed by atoms with E-state index in [0.29, 0.717) is 18.2 Å². The summed E-state index contributed by atoms with van der Waals surface area (Å²) >= 11 is 0. The molecule has 2 aromatic rings. The lowest BCUT2D eigenvalue weighted by molar-refractivity contribution is 0.100. The lowest BCUT2D eigenvalue weighted by atomic mass is 9.92. The molecule has 2 aliphatic carbocycles. The zero-order valence-corrected chi connectivity index (χ0v) is 15.8. The number of aliphatic hydroxyl groups excluding tert-OH is 1. The number of anilines is 2. The number of aromatic nitrogens is 3. The Morgan fingerprint density at radius 2 is 2.07 bits per heavy atom. The van der Waals surface area contributed by atoms with Crippen LogP contribution in [-0.2, 0) is 12.8 Å². The molecule has 2 heterocycles. The minimum absolute atomic E-state index is 0.0651. The SMILES string of the molecule is NC(=O)c1cnc(N[C@H]2CCc3cccnc3C2)nc1N[C@@H]1CCC[C@H](O)C1. The van der Waals surface area contributed by atoms with Crippen LogP contribution in [0.2, 0.25) is 0 Å². The Balaban J connectivity index is 1.49. The number of hydrogen-bond donors (Lipinski definition) is 4. The van der Waals surface area contributed by atoms with E-state index in [1.165, 1.54) is 11.8 Å². The van der Waals surface area contributed by atoms with Gasteiger partial charge in [0.2, 0.25) is 5.95 Å². The van der Waals surface area contributed by atoms with Gasteiger partial charge in [-0.15, -0.1) is 0 Å². The first-order chi connectivity index (χ1) is 13.6. The van der Waals surface area contributed by atoms with Crippen molar-refractivity contribution < 1.29 is 9.90 Å². The van der Waals surface area contributed by atoms with Crippen LogP contribution in [0.5, 0.6) is 0 Å². The average molecular weight is 382 g/mol. The van der Waals surface area contributed by atoms with Gasteiger partial charge in [-0.3, -0.25) is 9.78 Å². The second-order valence-corrected chi connectivity index (χ2v) is 7.68. The van der Waals surface area contributed by atoms with Crippen LogP contribution >= 0.6 is 0 Å². The van der Waals surface area contributed by atoms with E-state index >= 15 is 0 Å². The van der Waals surface area contributed by atoms with Crippen LogP contribution in [0.1, 0.15) is 53.7 Å². The van der Waals surface area contributed by atoms with Crippen molar-refractivity contribution in [2.75, 3.05) is 10.6 Å². The summed E-state index contributed by atoms with van der Waals surface area (Å²) < 4.78 is 0. The molecule has 3 atom stereocenters. The zero-order chi connectivity index (χ0) is 19.5. The lowest BCUT2D eigenvalue weighted by Gasteiger charge is -2.28. The van der Waals surface area contributed by atoms with Gasteiger partial charge in [0.25, 0.3) is 5.91 Å². The molecule has 0 saturated heterocycles. The van der Waals surface area contributed by atoms with Gasteiger partial charge in [0.05, 0.1) is 11.7 Å². The molecule has 0 bridgehead atoms. The first-order valence-corrected chi connectivity index (χ1v) is 9.89. The van der Waals surface area contributed by atoms with Gasteiger partial charge < -0.3 is 21.5 Å². The molecule has 2 aromatic heterocycles.